The second kappa shape index (κ2) is 5.69. The molecule has 0 saturated carbocycles. The highest BCUT2D eigenvalue weighted by Gasteiger charge is 2.20. The summed E-state index contributed by atoms with van der Waals surface area (Å²) in [6, 6.07) is 16.5. The van der Waals surface area contributed by atoms with Gasteiger partial charge in [0.05, 0.1) is 0 Å². The molecule has 0 atom stereocenters. The van der Waals surface area contributed by atoms with Crippen LogP contribution in [-0.2, 0) is 6.42 Å². The standard InChI is InChI=1S/C20H20O/c1-14(2)16-9-7-15(8-10-16)13-18-12-11-17-5-3-4-6-19(17)20(18)21/h3-10,13-14H,11-12H2,1-2H3. The summed E-state index contributed by atoms with van der Waals surface area (Å²) in [4.78, 5) is 12.5. The number of ketones is 1. The van der Waals surface area contributed by atoms with Crippen molar-refractivity contribution < 1.29 is 4.79 Å². The van der Waals surface area contributed by atoms with E-state index in [2.05, 4.69) is 44.2 Å². The molecule has 1 nitrogen and oxygen atoms in total. The number of carbonyl (C=O) groups excluding carboxylic acids is 1. The van der Waals surface area contributed by atoms with E-state index in [1.807, 2.05) is 24.3 Å². The van der Waals surface area contributed by atoms with Crippen molar-refractivity contribution in [2.24, 2.45) is 0 Å². The van der Waals surface area contributed by atoms with Crippen LogP contribution in [0.1, 0.15) is 53.2 Å². The molecule has 3 rings (SSSR count). The van der Waals surface area contributed by atoms with Gasteiger partial charge in [-0.15, -0.1) is 0 Å². The number of rotatable bonds is 2. The van der Waals surface area contributed by atoms with Gasteiger partial charge in [-0.3, -0.25) is 4.79 Å². The van der Waals surface area contributed by atoms with Crippen molar-refractivity contribution in [2.45, 2.75) is 32.6 Å². The summed E-state index contributed by atoms with van der Waals surface area (Å²) in [6.07, 6.45) is 3.84. The monoisotopic (exact) mass is 276 g/mol. The van der Waals surface area contributed by atoms with Crippen molar-refractivity contribution in [1.82, 2.24) is 0 Å². The number of aryl methyl sites for hydroxylation is 1. The summed E-state index contributed by atoms with van der Waals surface area (Å²) < 4.78 is 0. The molecule has 0 amide bonds. The first-order valence-electron chi connectivity index (χ1n) is 7.58. The molecule has 1 aliphatic rings. The second-order valence-corrected chi connectivity index (χ2v) is 5.98. The summed E-state index contributed by atoms with van der Waals surface area (Å²) in [5, 5.41) is 0. The highest BCUT2D eigenvalue weighted by molar-refractivity contribution is 6.13. The molecule has 0 N–H and O–H groups in total. The van der Waals surface area contributed by atoms with Crippen molar-refractivity contribution in [3.05, 3.63) is 76.4 Å². The minimum Gasteiger partial charge on any atom is -0.289 e. The first-order chi connectivity index (χ1) is 10.1. The van der Waals surface area contributed by atoms with Crippen LogP contribution in [0.4, 0.5) is 0 Å². The molecule has 1 aliphatic carbocycles. The number of hydrogen-bond acceptors (Lipinski definition) is 1. The average Bonchev–Trinajstić information content (AvgIpc) is 2.51. The zero-order valence-electron chi connectivity index (χ0n) is 12.6. The van der Waals surface area contributed by atoms with Crippen LogP contribution in [0, 0.1) is 0 Å². The Labute approximate surface area is 126 Å². The van der Waals surface area contributed by atoms with Gasteiger partial charge in [0, 0.05) is 11.1 Å². The number of Topliss-reactive ketones (excluding diaryl/α,β-unsaturated/α-hetero) is 1. The Morgan fingerprint density at radius 3 is 2.38 bits per heavy atom. The molecule has 0 aromatic heterocycles. The van der Waals surface area contributed by atoms with Gasteiger partial charge in [0.2, 0.25) is 0 Å². The van der Waals surface area contributed by atoms with E-state index in [0.717, 1.165) is 29.5 Å². The van der Waals surface area contributed by atoms with E-state index in [1.54, 1.807) is 0 Å². The number of hydrogen-bond donors (Lipinski definition) is 0. The minimum atomic E-state index is 0.185. The molecule has 1 heteroatoms. The van der Waals surface area contributed by atoms with Gasteiger partial charge < -0.3 is 0 Å². The third-order valence-electron chi connectivity index (χ3n) is 4.16. The van der Waals surface area contributed by atoms with Crippen LogP contribution in [0.3, 0.4) is 0 Å². The van der Waals surface area contributed by atoms with Gasteiger partial charge >= 0.3 is 0 Å². The number of carbonyl (C=O) groups is 1. The van der Waals surface area contributed by atoms with E-state index >= 15 is 0 Å². The van der Waals surface area contributed by atoms with Crippen LogP contribution in [0.25, 0.3) is 6.08 Å². The number of allylic oxidation sites excluding steroid dienone is 1. The van der Waals surface area contributed by atoms with Gasteiger partial charge in [0.15, 0.2) is 5.78 Å². The van der Waals surface area contributed by atoms with Gasteiger partial charge in [-0.1, -0.05) is 62.4 Å². The molecule has 0 bridgehead atoms. The summed E-state index contributed by atoms with van der Waals surface area (Å²) in [6.45, 7) is 4.38. The molecule has 2 aromatic carbocycles. The fraction of sp³-hybridized carbons (Fsp3) is 0.250. The maximum absolute atomic E-state index is 12.5. The Balaban J connectivity index is 1.89. The molecule has 0 saturated heterocycles. The van der Waals surface area contributed by atoms with E-state index in [4.69, 9.17) is 0 Å². The predicted molar refractivity (Wildman–Crippen MR) is 87.6 cm³/mol. The van der Waals surface area contributed by atoms with E-state index < -0.39 is 0 Å². The summed E-state index contributed by atoms with van der Waals surface area (Å²) >= 11 is 0. The molecule has 2 aromatic rings. The first-order valence-corrected chi connectivity index (χ1v) is 7.58. The maximum Gasteiger partial charge on any atom is 0.189 e. The maximum atomic E-state index is 12.5. The van der Waals surface area contributed by atoms with Crippen LogP contribution in [0.2, 0.25) is 0 Å². The summed E-state index contributed by atoms with van der Waals surface area (Å²) in [5.41, 5.74) is 5.41. The molecular formula is C20H20O. The Morgan fingerprint density at radius 2 is 1.67 bits per heavy atom. The van der Waals surface area contributed by atoms with Crippen LogP contribution in [-0.4, -0.2) is 5.78 Å². The van der Waals surface area contributed by atoms with Crippen molar-refractivity contribution in [1.29, 1.82) is 0 Å². The molecule has 0 fully saturated rings. The largest absolute Gasteiger partial charge is 0.289 e. The third-order valence-corrected chi connectivity index (χ3v) is 4.16. The molecular weight excluding hydrogens is 256 g/mol. The van der Waals surface area contributed by atoms with E-state index in [9.17, 15) is 4.79 Å². The van der Waals surface area contributed by atoms with E-state index in [1.165, 1.54) is 11.1 Å². The third kappa shape index (κ3) is 2.82. The fourth-order valence-corrected chi connectivity index (χ4v) is 2.83. The predicted octanol–water partition coefficient (Wildman–Crippen LogP) is 5.02. The van der Waals surface area contributed by atoms with Crippen LogP contribution >= 0.6 is 0 Å². The van der Waals surface area contributed by atoms with Crippen molar-refractivity contribution in [3.63, 3.8) is 0 Å². The summed E-state index contributed by atoms with van der Waals surface area (Å²) in [5.74, 6) is 0.722. The minimum absolute atomic E-state index is 0.185. The Kier molecular flexibility index (Phi) is 3.74. The van der Waals surface area contributed by atoms with Gasteiger partial charge in [0.1, 0.15) is 0 Å². The molecule has 0 spiro atoms. The zero-order valence-corrected chi connectivity index (χ0v) is 12.6. The van der Waals surface area contributed by atoms with Gasteiger partial charge in [0.25, 0.3) is 0 Å². The Morgan fingerprint density at radius 1 is 0.952 bits per heavy atom. The number of fused-ring (bicyclic) bond motifs is 1. The zero-order chi connectivity index (χ0) is 14.8. The van der Waals surface area contributed by atoms with Crippen molar-refractivity contribution in [2.75, 3.05) is 0 Å². The Hall–Kier alpha value is -2.15. The van der Waals surface area contributed by atoms with Gasteiger partial charge in [-0.05, 0) is 41.5 Å². The SMILES string of the molecule is CC(C)c1ccc(C=C2CCc3ccccc3C2=O)cc1. The molecule has 0 heterocycles. The highest BCUT2D eigenvalue weighted by Crippen LogP contribution is 2.26. The Bertz CT molecular complexity index is 690. The molecule has 21 heavy (non-hydrogen) atoms. The first kappa shape index (κ1) is 13.8. The van der Waals surface area contributed by atoms with E-state index in [-0.39, 0.29) is 5.78 Å². The molecule has 0 aliphatic heterocycles. The lowest BCUT2D eigenvalue weighted by atomic mass is 9.86. The van der Waals surface area contributed by atoms with Crippen LogP contribution < -0.4 is 0 Å². The fourth-order valence-electron chi connectivity index (χ4n) is 2.83. The molecule has 0 unspecified atom stereocenters. The van der Waals surface area contributed by atoms with Crippen LogP contribution in [0.15, 0.2) is 54.1 Å². The quantitative estimate of drug-likeness (QED) is 0.704. The van der Waals surface area contributed by atoms with Gasteiger partial charge in [-0.25, -0.2) is 0 Å². The molecule has 0 radical (unpaired) electrons. The lowest BCUT2D eigenvalue weighted by Gasteiger charge is -2.17. The van der Waals surface area contributed by atoms with Crippen LogP contribution in [0.5, 0.6) is 0 Å². The summed E-state index contributed by atoms with van der Waals surface area (Å²) in [7, 11) is 0. The van der Waals surface area contributed by atoms with Crippen molar-refractivity contribution >= 4 is 11.9 Å². The smallest absolute Gasteiger partial charge is 0.189 e. The van der Waals surface area contributed by atoms with Gasteiger partial charge in [-0.2, -0.15) is 0 Å². The number of benzene rings is 2. The average molecular weight is 276 g/mol. The lowest BCUT2D eigenvalue weighted by molar-refractivity contribution is 0.102. The second-order valence-electron chi connectivity index (χ2n) is 5.98. The van der Waals surface area contributed by atoms with E-state index in [0.29, 0.717) is 5.92 Å². The lowest BCUT2D eigenvalue weighted by Crippen LogP contribution is -2.13. The topological polar surface area (TPSA) is 17.1 Å². The molecule has 106 valence electrons. The highest BCUT2D eigenvalue weighted by atomic mass is 16.1. The van der Waals surface area contributed by atoms with Crippen molar-refractivity contribution in [3.8, 4) is 0 Å². The normalized spacial score (nSPS) is 16.3.